The minimum Gasteiger partial charge on any atom is -0.0885 e. The predicted octanol–water partition coefficient (Wildman–Crippen LogP) is 4.56. The summed E-state index contributed by atoms with van der Waals surface area (Å²) in [5, 5.41) is 0. The second kappa shape index (κ2) is 7.39. The third-order valence-corrected chi connectivity index (χ3v) is 2.72. The van der Waals surface area contributed by atoms with Gasteiger partial charge in [-0.2, -0.15) is 0 Å². The maximum atomic E-state index is 2.33. The van der Waals surface area contributed by atoms with Gasteiger partial charge in [0.05, 0.1) is 0 Å². The fourth-order valence-corrected chi connectivity index (χ4v) is 1.39. The summed E-state index contributed by atoms with van der Waals surface area (Å²) in [6.45, 7) is 8.98. The zero-order valence-corrected chi connectivity index (χ0v) is 9.19. The van der Waals surface area contributed by atoms with E-state index >= 15 is 0 Å². The van der Waals surface area contributed by atoms with Crippen molar-refractivity contribution >= 4 is 0 Å². The normalized spacial score (nSPS) is 14.8. The van der Waals surface area contributed by atoms with E-state index in [1.807, 2.05) is 0 Å². The molecule has 0 saturated carbocycles. The van der Waals surface area contributed by atoms with Crippen LogP contribution in [0.15, 0.2) is 11.6 Å². The van der Waals surface area contributed by atoms with Crippen molar-refractivity contribution in [1.29, 1.82) is 0 Å². The molecule has 0 N–H and O–H groups in total. The van der Waals surface area contributed by atoms with Crippen molar-refractivity contribution in [3.8, 4) is 0 Å². The maximum Gasteiger partial charge on any atom is -0.0235 e. The van der Waals surface area contributed by atoms with Crippen LogP contribution < -0.4 is 0 Å². The van der Waals surface area contributed by atoms with Gasteiger partial charge in [-0.25, -0.2) is 0 Å². The van der Waals surface area contributed by atoms with Gasteiger partial charge in [-0.05, 0) is 26.2 Å². The van der Waals surface area contributed by atoms with Gasteiger partial charge in [-0.15, -0.1) is 0 Å². The van der Waals surface area contributed by atoms with Crippen LogP contribution in [0, 0.1) is 5.92 Å². The van der Waals surface area contributed by atoms with Crippen molar-refractivity contribution in [2.24, 2.45) is 5.92 Å². The summed E-state index contributed by atoms with van der Waals surface area (Å²) >= 11 is 0. The molecule has 0 heterocycles. The maximum absolute atomic E-state index is 2.33. The SMILES string of the molecule is CC=C(C)C(C)CCCCCC. The molecule has 1 atom stereocenters. The third kappa shape index (κ3) is 5.40. The minimum atomic E-state index is 0.798. The van der Waals surface area contributed by atoms with Crippen LogP contribution >= 0.6 is 0 Å². The molecule has 0 spiro atoms. The first-order valence-electron chi connectivity index (χ1n) is 5.35. The molecule has 0 fully saturated rings. The molecule has 0 aromatic carbocycles. The Balaban J connectivity index is 3.37. The first-order valence-corrected chi connectivity index (χ1v) is 5.35. The standard InChI is InChI=1S/C12H24/c1-5-7-8-9-10-12(4)11(3)6-2/h6,12H,5,7-10H2,1-4H3. The highest BCUT2D eigenvalue weighted by molar-refractivity contribution is 4.99. The molecule has 72 valence electrons. The number of unbranched alkanes of at least 4 members (excludes halogenated alkanes) is 3. The highest BCUT2D eigenvalue weighted by Crippen LogP contribution is 2.17. The largest absolute Gasteiger partial charge is 0.0885 e. The molecule has 0 aliphatic rings. The minimum absolute atomic E-state index is 0.798. The fraction of sp³-hybridized carbons (Fsp3) is 0.833. The Morgan fingerprint density at radius 2 is 1.92 bits per heavy atom. The van der Waals surface area contributed by atoms with Crippen molar-refractivity contribution in [3.63, 3.8) is 0 Å². The van der Waals surface area contributed by atoms with E-state index in [1.165, 1.54) is 32.1 Å². The first kappa shape index (κ1) is 11.7. The Morgan fingerprint density at radius 1 is 1.25 bits per heavy atom. The molecular weight excluding hydrogens is 144 g/mol. The number of hydrogen-bond donors (Lipinski definition) is 0. The molecule has 0 aromatic rings. The van der Waals surface area contributed by atoms with Gasteiger partial charge in [0.15, 0.2) is 0 Å². The molecular formula is C12H24. The quantitative estimate of drug-likeness (QED) is 0.403. The van der Waals surface area contributed by atoms with Crippen LogP contribution in [-0.2, 0) is 0 Å². The molecule has 0 saturated heterocycles. The molecule has 12 heavy (non-hydrogen) atoms. The molecule has 0 aromatic heterocycles. The molecule has 0 bridgehead atoms. The van der Waals surface area contributed by atoms with Crippen LogP contribution in [0.4, 0.5) is 0 Å². The van der Waals surface area contributed by atoms with E-state index in [2.05, 4.69) is 33.8 Å². The number of allylic oxidation sites excluding steroid dienone is 2. The molecule has 0 rings (SSSR count). The van der Waals surface area contributed by atoms with E-state index in [0.717, 1.165) is 5.92 Å². The molecule has 0 radical (unpaired) electrons. The third-order valence-electron chi connectivity index (χ3n) is 2.72. The highest BCUT2D eigenvalue weighted by atomic mass is 14.1. The Hall–Kier alpha value is -0.260. The summed E-state index contributed by atoms with van der Waals surface area (Å²) in [5.74, 6) is 0.798. The van der Waals surface area contributed by atoms with Crippen molar-refractivity contribution in [1.82, 2.24) is 0 Å². The zero-order valence-electron chi connectivity index (χ0n) is 9.19. The van der Waals surface area contributed by atoms with E-state index in [4.69, 9.17) is 0 Å². The highest BCUT2D eigenvalue weighted by Gasteiger charge is 2.01. The lowest BCUT2D eigenvalue weighted by Crippen LogP contribution is -1.95. The van der Waals surface area contributed by atoms with Gasteiger partial charge >= 0.3 is 0 Å². The topological polar surface area (TPSA) is 0 Å². The predicted molar refractivity (Wildman–Crippen MR) is 57.4 cm³/mol. The van der Waals surface area contributed by atoms with Crippen LogP contribution in [0.2, 0.25) is 0 Å². The van der Waals surface area contributed by atoms with E-state index < -0.39 is 0 Å². The summed E-state index contributed by atoms with van der Waals surface area (Å²) in [6, 6.07) is 0. The summed E-state index contributed by atoms with van der Waals surface area (Å²) < 4.78 is 0. The van der Waals surface area contributed by atoms with Crippen LogP contribution in [0.5, 0.6) is 0 Å². The first-order chi connectivity index (χ1) is 5.72. The lowest BCUT2D eigenvalue weighted by atomic mass is 9.96. The fourth-order valence-electron chi connectivity index (χ4n) is 1.39. The monoisotopic (exact) mass is 168 g/mol. The smallest absolute Gasteiger partial charge is 0.0235 e. The molecule has 0 aliphatic heterocycles. The Bertz CT molecular complexity index is 122. The van der Waals surface area contributed by atoms with Crippen molar-refractivity contribution in [2.45, 2.75) is 59.8 Å². The summed E-state index contributed by atoms with van der Waals surface area (Å²) in [7, 11) is 0. The zero-order chi connectivity index (χ0) is 9.40. The van der Waals surface area contributed by atoms with Gasteiger partial charge in [-0.3, -0.25) is 0 Å². The second-order valence-corrected chi connectivity index (χ2v) is 3.78. The molecule has 0 heteroatoms. The average molecular weight is 168 g/mol. The van der Waals surface area contributed by atoms with E-state index in [1.54, 1.807) is 5.57 Å². The molecule has 1 unspecified atom stereocenters. The second-order valence-electron chi connectivity index (χ2n) is 3.78. The lowest BCUT2D eigenvalue weighted by Gasteiger charge is -2.10. The molecule has 0 amide bonds. The Morgan fingerprint density at radius 3 is 2.42 bits per heavy atom. The number of rotatable bonds is 6. The van der Waals surface area contributed by atoms with Crippen LogP contribution in [0.1, 0.15) is 59.8 Å². The van der Waals surface area contributed by atoms with E-state index in [-0.39, 0.29) is 0 Å². The Kier molecular flexibility index (Phi) is 7.23. The van der Waals surface area contributed by atoms with Crippen molar-refractivity contribution in [2.75, 3.05) is 0 Å². The van der Waals surface area contributed by atoms with Gasteiger partial charge in [0.25, 0.3) is 0 Å². The van der Waals surface area contributed by atoms with Gasteiger partial charge in [0.1, 0.15) is 0 Å². The van der Waals surface area contributed by atoms with Crippen LogP contribution in [-0.4, -0.2) is 0 Å². The Labute approximate surface area is 78.1 Å². The van der Waals surface area contributed by atoms with E-state index in [9.17, 15) is 0 Å². The van der Waals surface area contributed by atoms with Crippen LogP contribution in [0.25, 0.3) is 0 Å². The summed E-state index contributed by atoms with van der Waals surface area (Å²) in [6.07, 6.45) is 9.18. The number of hydrogen-bond acceptors (Lipinski definition) is 0. The van der Waals surface area contributed by atoms with Gasteiger partial charge in [0, 0.05) is 0 Å². The van der Waals surface area contributed by atoms with Gasteiger partial charge in [0.2, 0.25) is 0 Å². The lowest BCUT2D eigenvalue weighted by molar-refractivity contribution is 0.542. The molecule has 0 aliphatic carbocycles. The van der Waals surface area contributed by atoms with Gasteiger partial charge < -0.3 is 0 Å². The summed E-state index contributed by atoms with van der Waals surface area (Å²) in [4.78, 5) is 0. The average Bonchev–Trinajstić information content (AvgIpc) is 2.10. The molecule has 0 nitrogen and oxygen atoms in total. The van der Waals surface area contributed by atoms with E-state index in [0.29, 0.717) is 0 Å². The van der Waals surface area contributed by atoms with Crippen LogP contribution in [0.3, 0.4) is 0 Å². The van der Waals surface area contributed by atoms with Crippen molar-refractivity contribution < 1.29 is 0 Å². The summed E-state index contributed by atoms with van der Waals surface area (Å²) in [5.41, 5.74) is 1.55. The van der Waals surface area contributed by atoms with Gasteiger partial charge in [-0.1, -0.05) is 51.2 Å². The van der Waals surface area contributed by atoms with Crippen molar-refractivity contribution in [3.05, 3.63) is 11.6 Å².